The molecule has 0 aliphatic rings. The quantitative estimate of drug-likeness (QED) is 0.306. The number of phenolic OH excluding ortho intramolecular Hbond substituents is 1. The van der Waals surface area contributed by atoms with Gasteiger partial charge in [-0.15, -0.1) is 0 Å². The van der Waals surface area contributed by atoms with Gasteiger partial charge >= 0.3 is 11.9 Å². The fourth-order valence-electron chi connectivity index (χ4n) is 2.94. The van der Waals surface area contributed by atoms with Crippen LogP contribution < -0.4 is 0 Å². The van der Waals surface area contributed by atoms with Gasteiger partial charge in [-0.3, -0.25) is 0 Å². The largest absolute Gasteiger partial charge is 0.508 e. The predicted molar refractivity (Wildman–Crippen MR) is 130 cm³/mol. The molecule has 188 valence electrons. The minimum absolute atomic E-state index is 0.0154. The Bertz CT molecular complexity index is 1350. The molecular formula is C26H37NO7. The van der Waals surface area contributed by atoms with Gasteiger partial charge in [-0.05, 0) is 57.3 Å². The van der Waals surface area contributed by atoms with Crippen molar-refractivity contribution in [3.05, 3.63) is 65.2 Å². The van der Waals surface area contributed by atoms with Gasteiger partial charge in [-0.2, -0.15) is 0 Å². The molecule has 0 spiro atoms. The van der Waals surface area contributed by atoms with E-state index in [4.69, 9.17) is 39.6 Å². The maximum absolute atomic E-state index is 10.6. The SMILES string of the molecule is O=C(O)[C@H](O)[C@@H](O)C(=O)O.[2H]C([2H])([2H])C([2H])([2H])C([2H])([2H])N(CC[C@H](c1ccccc1)c1cc(C)ccc1O)C([2H])([2H])C([2H])([2H])C([2H])([2H])[2H]. The first-order valence-corrected chi connectivity index (χ1v) is 9.90. The highest BCUT2D eigenvalue weighted by Crippen LogP contribution is 2.34. The molecule has 0 saturated carbocycles. The van der Waals surface area contributed by atoms with Crippen molar-refractivity contribution in [2.45, 2.75) is 57.9 Å². The van der Waals surface area contributed by atoms with Gasteiger partial charge in [-0.25, -0.2) is 9.59 Å². The maximum atomic E-state index is 10.6. The standard InChI is InChI=1S/C22H31NO.C4H6O6/c1-4-14-23(15-5-2)16-13-20(19-9-7-6-8-10-19)21-17-18(3)11-12-22(21)24;5-1(3(7)8)2(6)4(9)10/h6-12,17,20,24H,4-5,13-16H2,1-3H3;1-2,5-6H,(H,7,8)(H,9,10)/t20-;1-,2-/m11/s1/i1D3,2D3,4D2,5D2,14D2,15D2;. The number of phenols is 1. The Labute approximate surface area is 220 Å². The molecule has 0 aliphatic carbocycles. The summed E-state index contributed by atoms with van der Waals surface area (Å²) in [5.74, 6) is -4.41. The third-order valence-electron chi connectivity index (χ3n) is 4.59. The molecule has 0 saturated heterocycles. The zero-order valence-electron chi connectivity index (χ0n) is 32.3. The highest BCUT2D eigenvalue weighted by molar-refractivity contribution is 5.83. The first-order valence-electron chi connectivity index (χ1n) is 16.9. The Kier molecular flexibility index (Phi) is 6.12. The summed E-state index contributed by atoms with van der Waals surface area (Å²) in [5, 5.41) is 43.1. The van der Waals surface area contributed by atoms with Gasteiger partial charge in [0, 0.05) is 30.7 Å². The Morgan fingerprint density at radius 1 is 0.971 bits per heavy atom. The number of aliphatic hydroxyl groups excluding tert-OH is 2. The zero-order chi connectivity index (χ0) is 37.8. The predicted octanol–water partition coefficient (Wildman–Crippen LogP) is 3.22. The third-order valence-corrected chi connectivity index (χ3v) is 4.59. The van der Waals surface area contributed by atoms with Crippen LogP contribution in [-0.4, -0.2) is 74.1 Å². The summed E-state index contributed by atoms with van der Waals surface area (Å²) in [6.45, 7) is -13.6. The number of carboxylic acid groups (broad SMARTS) is 2. The summed E-state index contributed by atoms with van der Waals surface area (Å²) in [6.07, 6.45) is -12.2. The van der Waals surface area contributed by atoms with Crippen LogP contribution in [0.4, 0.5) is 0 Å². The fourth-order valence-corrected chi connectivity index (χ4v) is 2.94. The van der Waals surface area contributed by atoms with Crippen LogP contribution in [0, 0.1) is 6.92 Å². The van der Waals surface area contributed by atoms with Crippen LogP contribution in [0.25, 0.3) is 0 Å². The van der Waals surface area contributed by atoms with Crippen LogP contribution in [0.5, 0.6) is 5.75 Å². The summed E-state index contributed by atoms with van der Waals surface area (Å²) in [4.78, 5) is 19.6. The maximum Gasteiger partial charge on any atom is 0.335 e. The van der Waals surface area contributed by atoms with E-state index in [2.05, 4.69) is 0 Å². The first-order chi connectivity index (χ1) is 21.5. The number of aromatic hydroxyl groups is 1. The molecule has 2 rings (SSSR count). The van der Waals surface area contributed by atoms with Crippen LogP contribution in [0.1, 0.15) is 74.7 Å². The molecule has 0 aliphatic heterocycles. The number of hydrogen-bond donors (Lipinski definition) is 5. The lowest BCUT2D eigenvalue weighted by atomic mass is 9.87. The Morgan fingerprint density at radius 3 is 2.03 bits per heavy atom. The minimum Gasteiger partial charge on any atom is -0.508 e. The number of carboxylic acids is 2. The fraction of sp³-hybridized carbons (Fsp3) is 0.462. The first kappa shape index (κ1) is 13.8. The van der Waals surface area contributed by atoms with Gasteiger partial charge in [0.2, 0.25) is 0 Å². The van der Waals surface area contributed by atoms with Crippen molar-refractivity contribution in [2.24, 2.45) is 0 Å². The summed E-state index contributed by atoms with van der Waals surface area (Å²) < 4.78 is 111. The molecule has 8 nitrogen and oxygen atoms in total. The van der Waals surface area contributed by atoms with Crippen LogP contribution in [0.2, 0.25) is 0 Å². The van der Waals surface area contributed by atoms with Crippen LogP contribution in [-0.2, 0) is 9.59 Å². The van der Waals surface area contributed by atoms with E-state index >= 15 is 0 Å². The molecule has 0 bridgehead atoms. The molecule has 2 aromatic carbocycles. The van der Waals surface area contributed by atoms with E-state index in [1.54, 1.807) is 49.4 Å². The van der Waals surface area contributed by atoms with E-state index in [1.807, 2.05) is 0 Å². The summed E-state index contributed by atoms with van der Waals surface area (Å²) in [5.41, 5.74) is 1.74. The van der Waals surface area contributed by atoms with Crippen molar-refractivity contribution >= 4 is 11.9 Å². The molecular weight excluding hydrogens is 438 g/mol. The van der Waals surface area contributed by atoms with Crippen LogP contribution >= 0.6 is 0 Å². The van der Waals surface area contributed by atoms with E-state index in [-0.39, 0.29) is 17.1 Å². The van der Waals surface area contributed by atoms with Crippen molar-refractivity contribution in [3.63, 3.8) is 0 Å². The molecule has 0 heterocycles. The number of aryl methyl sites for hydroxylation is 1. The van der Waals surface area contributed by atoms with Crippen molar-refractivity contribution in [2.75, 3.05) is 19.5 Å². The minimum atomic E-state index is -3.73. The Morgan fingerprint density at radius 2 is 1.53 bits per heavy atom. The van der Waals surface area contributed by atoms with Gasteiger partial charge in [0.1, 0.15) is 5.75 Å². The number of rotatable bonds is 12. The molecule has 0 amide bonds. The Balaban J connectivity index is 0.000000993. The smallest absolute Gasteiger partial charge is 0.335 e. The number of carbonyl (C=O) groups is 2. The second kappa shape index (κ2) is 15.1. The topological polar surface area (TPSA) is 139 Å². The van der Waals surface area contributed by atoms with Crippen molar-refractivity contribution < 1.29 is 54.3 Å². The number of benzene rings is 2. The van der Waals surface area contributed by atoms with Gasteiger partial charge in [0.05, 0.1) is 0 Å². The van der Waals surface area contributed by atoms with Crippen molar-refractivity contribution in [3.8, 4) is 5.75 Å². The van der Waals surface area contributed by atoms with Gasteiger partial charge in [-0.1, -0.05) is 61.7 Å². The number of nitrogens with zero attached hydrogens (tertiary/aromatic N) is 1. The van der Waals surface area contributed by atoms with E-state index in [9.17, 15) is 14.7 Å². The lowest BCUT2D eigenvalue weighted by molar-refractivity contribution is -0.165. The highest BCUT2D eigenvalue weighted by Gasteiger charge is 2.29. The molecule has 8 heteroatoms. The number of aliphatic carboxylic acids is 2. The lowest BCUT2D eigenvalue weighted by Gasteiger charge is -2.25. The summed E-state index contributed by atoms with van der Waals surface area (Å²) in [6, 6.07) is 13.3. The second-order valence-electron chi connectivity index (χ2n) is 7.01. The Hall–Kier alpha value is -2.94. The van der Waals surface area contributed by atoms with Crippen LogP contribution in [0.3, 0.4) is 0 Å². The van der Waals surface area contributed by atoms with Crippen LogP contribution in [0.15, 0.2) is 48.5 Å². The normalized spacial score (nSPS) is 22.0. The lowest BCUT2D eigenvalue weighted by Crippen LogP contribution is -2.39. The number of aliphatic hydroxyl groups is 2. The van der Waals surface area contributed by atoms with E-state index < -0.39 is 76.1 Å². The molecule has 2 aromatic rings. The molecule has 0 aromatic heterocycles. The van der Waals surface area contributed by atoms with Gasteiger partial charge in [0.15, 0.2) is 12.2 Å². The zero-order valence-corrected chi connectivity index (χ0v) is 18.3. The average molecular weight is 490 g/mol. The van der Waals surface area contributed by atoms with E-state index in [0.29, 0.717) is 11.1 Å². The second-order valence-corrected chi connectivity index (χ2v) is 7.01. The van der Waals surface area contributed by atoms with Gasteiger partial charge < -0.3 is 30.4 Å². The van der Waals surface area contributed by atoms with Gasteiger partial charge in [0.25, 0.3) is 0 Å². The molecule has 34 heavy (non-hydrogen) atoms. The molecule has 3 atom stereocenters. The van der Waals surface area contributed by atoms with Crippen molar-refractivity contribution in [1.82, 2.24) is 4.90 Å². The summed E-state index contributed by atoms with van der Waals surface area (Å²) in [7, 11) is 0. The van der Waals surface area contributed by atoms with E-state index in [0.717, 1.165) is 5.56 Å². The monoisotopic (exact) mass is 489 g/mol. The molecule has 0 radical (unpaired) electrons. The molecule has 0 fully saturated rings. The molecule has 0 unspecified atom stereocenters. The van der Waals surface area contributed by atoms with E-state index in [1.165, 1.54) is 6.07 Å². The summed E-state index contributed by atoms with van der Waals surface area (Å²) >= 11 is 0. The molecule has 5 N–H and O–H groups in total. The highest BCUT2D eigenvalue weighted by atomic mass is 16.4. The average Bonchev–Trinajstić information content (AvgIpc) is 2.95. The van der Waals surface area contributed by atoms with Crippen molar-refractivity contribution in [1.29, 1.82) is 0 Å². The third kappa shape index (κ3) is 9.51. The number of hydrogen-bond acceptors (Lipinski definition) is 6.